The van der Waals surface area contributed by atoms with E-state index in [0.29, 0.717) is 23.8 Å². The van der Waals surface area contributed by atoms with Crippen LogP contribution in [0.25, 0.3) is 0 Å². The van der Waals surface area contributed by atoms with Crippen molar-refractivity contribution < 1.29 is 14.0 Å². The van der Waals surface area contributed by atoms with Crippen LogP contribution in [0.4, 0.5) is 26.5 Å². The van der Waals surface area contributed by atoms with Crippen LogP contribution in [0.5, 0.6) is 0 Å². The lowest BCUT2D eigenvalue weighted by molar-refractivity contribution is 0.0978. The number of hydrogen-bond donors (Lipinski definition) is 1. The van der Waals surface area contributed by atoms with Gasteiger partial charge in [0.25, 0.3) is 0 Å². The molecule has 8 heteroatoms. The summed E-state index contributed by atoms with van der Waals surface area (Å²) in [5.41, 5.74) is 1.91. The van der Waals surface area contributed by atoms with Crippen molar-refractivity contribution in [3.63, 3.8) is 0 Å². The van der Waals surface area contributed by atoms with Crippen molar-refractivity contribution in [2.24, 2.45) is 0 Å². The molecule has 1 N–H and O–H groups in total. The molecule has 2 aliphatic rings. The number of anilines is 3. The number of fused-ring (bicyclic) bond motifs is 4. The summed E-state index contributed by atoms with van der Waals surface area (Å²) in [6.45, 7) is 1.57. The third-order valence-electron chi connectivity index (χ3n) is 5.89. The van der Waals surface area contributed by atoms with Crippen molar-refractivity contribution in [2.75, 3.05) is 28.2 Å². The van der Waals surface area contributed by atoms with E-state index in [1.807, 2.05) is 6.07 Å². The number of aryl methyl sites for hydroxylation is 1. The Bertz CT molecular complexity index is 1170. The minimum absolute atomic E-state index is 0.0173. The van der Waals surface area contributed by atoms with E-state index in [1.54, 1.807) is 47.5 Å². The quantitative estimate of drug-likeness (QED) is 0.617. The number of carbonyl (C=O) groups is 2. The van der Waals surface area contributed by atoms with Crippen LogP contribution in [0.2, 0.25) is 0 Å². The fourth-order valence-corrected chi connectivity index (χ4v) is 4.31. The van der Waals surface area contributed by atoms with Gasteiger partial charge in [0.2, 0.25) is 0 Å². The summed E-state index contributed by atoms with van der Waals surface area (Å²) in [4.78, 5) is 38.6. The SMILES string of the molecule is O=C(CCc1cccc(F)c1)c1ccc2c(n1)N(C(=O)Nc1ccccn1)[C@H]1CCN2C1. The van der Waals surface area contributed by atoms with Crippen LogP contribution >= 0.6 is 0 Å². The highest BCUT2D eigenvalue weighted by Gasteiger charge is 2.40. The second-order valence-corrected chi connectivity index (χ2v) is 8.00. The molecular weight excluding hydrogens is 409 g/mol. The molecule has 2 amide bonds. The van der Waals surface area contributed by atoms with Gasteiger partial charge >= 0.3 is 6.03 Å². The Balaban J connectivity index is 1.39. The number of amides is 2. The fourth-order valence-electron chi connectivity index (χ4n) is 4.31. The number of benzene rings is 1. The molecule has 1 aromatic carbocycles. The van der Waals surface area contributed by atoms with Gasteiger partial charge in [-0.25, -0.2) is 19.2 Å². The molecule has 162 valence electrons. The molecule has 0 saturated carbocycles. The third-order valence-corrected chi connectivity index (χ3v) is 5.89. The van der Waals surface area contributed by atoms with E-state index in [-0.39, 0.29) is 30.1 Å². The largest absolute Gasteiger partial charge is 0.366 e. The number of Topliss-reactive ketones (excluding diaryl/α,β-unsaturated/α-hetero) is 1. The minimum atomic E-state index is -0.319. The standard InChI is InChI=1S/C24H22FN5O2/c25-17-5-3-4-16(14-17)7-10-21(31)19-8-9-20-23(27-19)30(18-11-13-29(20)15-18)24(32)28-22-6-1-2-12-26-22/h1-6,8-9,12,14,18H,7,10-11,13,15H2,(H,26,28,32)/t18-/m0/s1. The lowest BCUT2D eigenvalue weighted by Gasteiger charge is -2.35. The Morgan fingerprint density at radius 3 is 2.84 bits per heavy atom. The van der Waals surface area contributed by atoms with Gasteiger partial charge in [0, 0.05) is 25.7 Å². The van der Waals surface area contributed by atoms with E-state index >= 15 is 0 Å². The van der Waals surface area contributed by atoms with Crippen LogP contribution in [0.1, 0.15) is 28.9 Å². The summed E-state index contributed by atoms with van der Waals surface area (Å²) in [7, 11) is 0. The lowest BCUT2D eigenvalue weighted by atomic mass is 10.1. The second-order valence-electron chi connectivity index (χ2n) is 8.00. The predicted molar refractivity (Wildman–Crippen MR) is 120 cm³/mol. The number of carbonyl (C=O) groups excluding carboxylic acids is 2. The number of hydrogen-bond acceptors (Lipinski definition) is 5. The number of nitrogens with one attached hydrogen (secondary N) is 1. The average Bonchev–Trinajstić information content (AvgIpc) is 3.22. The summed E-state index contributed by atoms with van der Waals surface area (Å²) in [6, 6.07) is 14.8. The van der Waals surface area contributed by atoms with Crippen LogP contribution in [0.15, 0.2) is 60.8 Å². The molecule has 2 aromatic heterocycles. The van der Waals surface area contributed by atoms with E-state index in [1.165, 1.54) is 12.1 Å². The summed E-state index contributed by atoms with van der Waals surface area (Å²) in [5.74, 6) is 0.488. The Morgan fingerprint density at radius 2 is 2.03 bits per heavy atom. The number of rotatable bonds is 5. The maximum atomic E-state index is 13.4. The zero-order valence-electron chi connectivity index (χ0n) is 17.4. The van der Waals surface area contributed by atoms with Crippen LogP contribution in [-0.4, -0.2) is 40.9 Å². The van der Waals surface area contributed by atoms with E-state index in [4.69, 9.17) is 0 Å². The molecule has 2 bridgehead atoms. The fraction of sp³-hybridized carbons (Fsp3) is 0.250. The Morgan fingerprint density at radius 1 is 1.12 bits per heavy atom. The van der Waals surface area contributed by atoms with Crippen molar-refractivity contribution in [1.82, 2.24) is 9.97 Å². The molecule has 0 unspecified atom stereocenters. The Labute approximate surface area is 184 Å². The molecule has 4 heterocycles. The van der Waals surface area contributed by atoms with Crippen LogP contribution in [0, 0.1) is 5.82 Å². The van der Waals surface area contributed by atoms with Gasteiger partial charge in [-0.1, -0.05) is 18.2 Å². The number of ketones is 1. The number of halogens is 1. The van der Waals surface area contributed by atoms with Gasteiger partial charge in [-0.15, -0.1) is 0 Å². The highest BCUT2D eigenvalue weighted by Crippen LogP contribution is 2.39. The number of urea groups is 1. The van der Waals surface area contributed by atoms with Gasteiger partial charge < -0.3 is 4.90 Å². The van der Waals surface area contributed by atoms with Gasteiger partial charge in [0.15, 0.2) is 11.6 Å². The maximum absolute atomic E-state index is 13.4. The smallest absolute Gasteiger partial charge is 0.329 e. The zero-order valence-corrected chi connectivity index (χ0v) is 17.4. The van der Waals surface area contributed by atoms with E-state index in [0.717, 1.165) is 30.8 Å². The predicted octanol–water partition coefficient (Wildman–Crippen LogP) is 4.06. The highest BCUT2D eigenvalue weighted by molar-refractivity contribution is 6.05. The van der Waals surface area contributed by atoms with Gasteiger partial charge in [-0.05, 0) is 54.8 Å². The third kappa shape index (κ3) is 3.91. The van der Waals surface area contributed by atoms with Gasteiger partial charge in [0.05, 0.1) is 11.7 Å². The molecular formula is C24H22FN5O2. The lowest BCUT2D eigenvalue weighted by Crippen LogP contribution is -2.48. The summed E-state index contributed by atoms with van der Waals surface area (Å²) >= 11 is 0. The minimum Gasteiger partial charge on any atom is -0.366 e. The Kier molecular flexibility index (Phi) is 5.26. The number of aromatic nitrogens is 2. The molecule has 5 rings (SSSR count). The highest BCUT2D eigenvalue weighted by atomic mass is 19.1. The zero-order chi connectivity index (χ0) is 22.1. The first-order chi connectivity index (χ1) is 15.6. The van der Waals surface area contributed by atoms with Gasteiger partial charge in [0.1, 0.15) is 17.3 Å². The van der Waals surface area contributed by atoms with E-state index in [2.05, 4.69) is 20.2 Å². The van der Waals surface area contributed by atoms with E-state index < -0.39 is 0 Å². The summed E-state index contributed by atoms with van der Waals surface area (Å²) in [5, 5.41) is 2.83. The molecule has 32 heavy (non-hydrogen) atoms. The van der Waals surface area contributed by atoms with Crippen molar-refractivity contribution in [3.05, 3.63) is 77.9 Å². The molecule has 7 nitrogen and oxygen atoms in total. The summed E-state index contributed by atoms with van der Waals surface area (Å²) < 4.78 is 13.4. The van der Waals surface area contributed by atoms with Crippen LogP contribution in [0.3, 0.4) is 0 Å². The average molecular weight is 431 g/mol. The number of pyridine rings is 2. The molecule has 1 saturated heterocycles. The van der Waals surface area contributed by atoms with Crippen LogP contribution < -0.4 is 15.1 Å². The number of nitrogens with zero attached hydrogens (tertiary/aromatic N) is 4. The van der Waals surface area contributed by atoms with Crippen molar-refractivity contribution >= 4 is 29.1 Å². The van der Waals surface area contributed by atoms with Crippen molar-refractivity contribution in [2.45, 2.75) is 25.3 Å². The molecule has 0 aliphatic carbocycles. The first-order valence-corrected chi connectivity index (χ1v) is 10.6. The van der Waals surface area contributed by atoms with Crippen LogP contribution in [-0.2, 0) is 6.42 Å². The van der Waals surface area contributed by atoms with Crippen molar-refractivity contribution in [3.8, 4) is 0 Å². The Hall–Kier alpha value is -3.81. The summed E-state index contributed by atoms with van der Waals surface area (Å²) in [6.07, 6.45) is 3.08. The molecule has 1 fully saturated rings. The van der Waals surface area contributed by atoms with E-state index in [9.17, 15) is 14.0 Å². The maximum Gasteiger partial charge on any atom is 0.329 e. The molecule has 2 aliphatic heterocycles. The first-order valence-electron chi connectivity index (χ1n) is 10.6. The normalized spacial score (nSPS) is 16.6. The van der Waals surface area contributed by atoms with Gasteiger partial charge in [-0.3, -0.25) is 15.0 Å². The first kappa shape index (κ1) is 20.1. The molecule has 0 radical (unpaired) electrons. The van der Waals surface area contributed by atoms with Gasteiger partial charge in [-0.2, -0.15) is 0 Å². The monoisotopic (exact) mass is 431 g/mol. The second kappa shape index (κ2) is 8.37. The topological polar surface area (TPSA) is 78.4 Å². The van der Waals surface area contributed by atoms with Crippen molar-refractivity contribution in [1.29, 1.82) is 0 Å². The molecule has 1 atom stereocenters. The molecule has 3 aromatic rings. The molecule has 0 spiro atoms.